The first-order valence-corrected chi connectivity index (χ1v) is 20.1. The lowest BCUT2D eigenvalue weighted by atomic mass is 9.94. The molecule has 8 bridgehead atoms. The van der Waals surface area contributed by atoms with Crippen LogP contribution in [0.1, 0.15) is 22.3 Å². The van der Waals surface area contributed by atoms with Crippen molar-refractivity contribution in [1.29, 1.82) is 0 Å². The first kappa shape index (κ1) is 45.8. The number of rotatable bonds is 12. The van der Waals surface area contributed by atoms with Crippen molar-refractivity contribution in [3.63, 3.8) is 0 Å². The van der Waals surface area contributed by atoms with Crippen LogP contribution in [0.2, 0.25) is 0 Å². The first-order valence-electron chi connectivity index (χ1n) is 20.1. The van der Waals surface area contributed by atoms with Gasteiger partial charge >= 0.3 is 45.6 Å². The Balaban J connectivity index is 1.68. The monoisotopic (exact) mass is 972 g/mol. The molecule has 0 atom stereocenters. The Hall–Kier alpha value is -11.3. The Labute approximate surface area is 396 Å². The maximum absolute atomic E-state index is 13.4. The van der Waals surface area contributed by atoms with Crippen LogP contribution in [-0.4, -0.2) is 62.2 Å². The van der Waals surface area contributed by atoms with Gasteiger partial charge in [0.25, 0.3) is 0 Å². The van der Waals surface area contributed by atoms with Crippen LogP contribution in [0, 0.1) is 80.9 Å². The number of nitro groups is 8. The maximum atomic E-state index is 13.4. The summed E-state index contributed by atoms with van der Waals surface area (Å²) in [4.78, 5) is 114. The van der Waals surface area contributed by atoms with Crippen LogP contribution >= 0.6 is 0 Å². The van der Waals surface area contributed by atoms with E-state index >= 15 is 0 Å². The van der Waals surface area contributed by atoms with Crippen LogP contribution < -0.4 is 0 Å². The minimum Gasteiger partial charge on any atom is -0.258 e. The molecule has 28 nitrogen and oxygen atoms in total. The molecule has 4 aromatic rings. The van der Waals surface area contributed by atoms with E-state index in [9.17, 15) is 80.9 Å². The van der Waals surface area contributed by atoms with E-state index in [1.165, 1.54) is 72.8 Å². The van der Waals surface area contributed by atoms with Crippen LogP contribution in [0.4, 0.5) is 0 Å². The van der Waals surface area contributed by atoms with Gasteiger partial charge in [0.15, 0.2) is 45.6 Å². The van der Waals surface area contributed by atoms with E-state index in [1.54, 1.807) is 0 Å². The van der Waals surface area contributed by atoms with E-state index in [1.807, 2.05) is 0 Å². The highest BCUT2D eigenvalue weighted by atomic mass is 16.7. The molecule has 9 rings (SSSR count). The van der Waals surface area contributed by atoms with Gasteiger partial charge in [-0.15, -0.1) is 0 Å². The summed E-state index contributed by atoms with van der Waals surface area (Å²) in [5.74, 6) is 0. The summed E-state index contributed by atoms with van der Waals surface area (Å²) in [6.07, 6.45) is 0. The lowest BCUT2D eigenvalue weighted by Crippen LogP contribution is -2.19. The van der Waals surface area contributed by atoms with Gasteiger partial charge in [-0.05, 0) is 22.3 Å². The summed E-state index contributed by atoms with van der Waals surface area (Å²) < 4.78 is 0. The topological polar surface area (TPSA) is 395 Å². The first-order chi connectivity index (χ1) is 34.4. The van der Waals surface area contributed by atoms with Gasteiger partial charge in [0, 0.05) is 22.3 Å². The zero-order valence-electron chi connectivity index (χ0n) is 35.4. The molecule has 0 radical (unpaired) electrons. The van der Waals surface area contributed by atoms with Crippen molar-refractivity contribution in [2.24, 2.45) is 20.0 Å². The van der Waals surface area contributed by atoms with Crippen molar-refractivity contribution < 1.29 is 39.4 Å². The van der Waals surface area contributed by atoms with E-state index < -0.39 is 153 Å². The minimum absolute atomic E-state index is 0.335. The van der Waals surface area contributed by atoms with Crippen molar-refractivity contribution in [3.05, 3.63) is 293 Å². The van der Waals surface area contributed by atoms with E-state index in [-0.39, 0.29) is 22.3 Å². The summed E-state index contributed by atoms with van der Waals surface area (Å²) in [5, 5.41) is 107. The van der Waals surface area contributed by atoms with E-state index in [4.69, 9.17) is 0 Å². The molecule has 0 aromatic heterocycles. The number of aliphatic imine (C=N–C) groups is 4. The van der Waals surface area contributed by atoms with Gasteiger partial charge in [-0.25, -0.2) is 20.0 Å². The van der Waals surface area contributed by atoms with Gasteiger partial charge in [0.1, 0.15) is 0 Å². The highest BCUT2D eigenvalue weighted by Crippen LogP contribution is 2.48. The maximum Gasteiger partial charge on any atom is 0.374 e. The summed E-state index contributed by atoms with van der Waals surface area (Å²) >= 11 is 0. The van der Waals surface area contributed by atoms with Gasteiger partial charge in [-0.2, -0.15) is 0 Å². The second-order valence-corrected chi connectivity index (χ2v) is 15.0. The summed E-state index contributed by atoms with van der Waals surface area (Å²) in [5.41, 5.74) is -26.7. The highest BCUT2D eigenvalue weighted by molar-refractivity contribution is 6.41. The second kappa shape index (κ2) is 17.4. The predicted molar refractivity (Wildman–Crippen MR) is 247 cm³/mol. The number of benzene rings is 4. The largest absolute Gasteiger partial charge is 0.374 e. The summed E-state index contributed by atoms with van der Waals surface area (Å²) in [6, 6.07) is 25.2. The Morgan fingerprint density at radius 3 is 0.528 bits per heavy atom. The molecule has 0 unspecified atom stereocenters. The Bertz CT molecular complexity index is 3230. The predicted octanol–water partition coefficient (Wildman–Crippen LogP) is 6.52. The molecule has 0 aliphatic carbocycles. The van der Waals surface area contributed by atoms with Crippen LogP contribution in [0.25, 0.3) is 22.3 Å². The van der Waals surface area contributed by atoms with Gasteiger partial charge in [-0.1, -0.05) is 121 Å². The van der Waals surface area contributed by atoms with Crippen LogP contribution in [-0.2, 0) is 0 Å². The average Bonchev–Trinajstić information content (AvgIpc) is 4.13. The fraction of sp³-hybridized carbons (Fsp3) is 0. The summed E-state index contributed by atoms with van der Waals surface area (Å²) in [7, 11) is 0. The van der Waals surface area contributed by atoms with Crippen molar-refractivity contribution in [3.8, 4) is 0 Å². The molecule has 352 valence electrons. The lowest BCUT2D eigenvalue weighted by Gasteiger charge is -2.10. The van der Waals surface area contributed by atoms with Crippen molar-refractivity contribution >= 4 is 45.1 Å². The molecule has 5 aliphatic heterocycles. The molecular formula is C44H20N12O16. The smallest absolute Gasteiger partial charge is 0.258 e. The molecule has 0 saturated heterocycles. The fourth-order valence-corrected chi connectivity index (χ4v) is 8.51. The number of hydrogen-bond donors (Lipinski definition) is 0. The van der Waals surface area contributed by atoms with E-state index in [0.717, 1.165) is 48.5 Å². The van der Waals surface area contributed by atoms with Crippen LogP contribution in [0.3, 0.4) is 0 Å². The normalized spacial score (nSPS) is 16.6. The third-order valence-electron chi connectivity index (χ3n) is 11.2. The van der Waals surface area contributed by atoms with Gasteiger partial charge in [-0.3, -0.25) is 80.9 Å². The van der Waals surface area contributed by atoms with Crippen LogP contribution in [0.5, 0.6) is 0 Å². The number of fused-ring (bicyclic) bond motifs is 4. The van der Waals surface area contributed by atoms with Crippen molar-refractivity contribution in [2.75, 3.05) is 0 Å². The SMILES string of the molecule is O=[N+]([O-])C1=C([N+](=O)[O-])C2=C(c3ccccc3)C3=NC(=C(c4ccccc4)C4=NC(=C(c5ccccc5)C5=NC(=C(c6ccccc6)C1=N2)C([N+](=O)[O-])=C5[N+](=O)[O-])C([N+](=O)[O-])=C4[N+](=O)[O-])C([N+](=O)[O-])=C3[N+](=O)[O-]. The quantitative estimate of drug-likeness (QED) is 0.108. The molecule has 0 fully saturated rings. The number of allylic oxidation sites excluding steroid dienone is 4. The highest BCUT2D eigenvalue weighted by Gasteiger charge is 2.56. The molecule has 0 saturated carbocycles. The van der Waals surface area contributed by atoms with Crippen LogP contribution in [0.15, 0.2) is 210 Å². The second-order valence-electron chi connectivity index (χ2n) is 15.0. The molecule has 72 heavy (non-hydrogen) atoms. The summed E-state index contributed by atoms with van der Waals surface area (Å²) in [6.45, 7) is 0. The molecule has 4 aromatic carbocycles. The third kappa shape index (κ3) is 7.20. The molecule has 28 heteroatoms. The molecule has 0 amide bonds. The van der Waals surface area contributed by atoms with Crippen molar-refractivity contribution in [1.82, 2.24) is 0 Å². The Kier molecular flexibility index (Phi) is 11.1. The zero-order chi connectivity index (χ0) is 51.4. The molecule has 5 heterocycles. The average molecular weight is 973 g/mol. The van der Waals surface area contributed by atoms with Gasteiger partial charge < -0.3 is 0 Å². The number of hydrogen-bond acceptors (Lipinski definition) is 20. The van der Waals surface area contributed by atoms with E-state index in [0.29, 0.717) is 0 Å². The molecular weight excluding hydrogens is 953 g/mol. The lowest BCUT2D eigenvalue weighted by molar-refractivity contribution is -0.461. The Morgan fingerprint density at radius 2 is 0.389 bits per heavy atom. The Morgan fingerprint density at radius 1 is 0.236 bits per heavy atom. The number of nitrogens with zero attached hydrogens (tertiary/aromatic N) is 12. The standard InChI is InChI=1S/C44H20N12O16/c57-49(58)37-29-25(21-13-5-1-6-14-21)30-38(50(59)60)40(52(63)64)32(46-30)27(23-17-9-3-10-18-23)34-42(54(67)68)44(56(71)72)36(48-34)28(24-19-11-4-12-20-24)35-43(55(69)70)41(53(65)66)33(47-35)26(22-15-7-2-8-16-22)31(45-29)39(37)51(61)62/h1-20H. The molecule has 0 N–H and O–H groups in total. The van der Waals surface area contributed by atoms with Gasteiger partial charge in [0.05, 0.1) is 39.4 Å². The third-order valence-corrected chi connectivity index (χ3v) is 11.2. The zero-order valence-corrected chi connectivity index (χ0v) is 35.4. The fourth-order valence-electron chi connectivity index (χ4n) is 8.51. The molecule has 5 aliphatic rings. The molecule has 0 spiro atoms. The van der Waals surface area contributed by atoms with Gasteiger partial charge in [0.2, 0.25) is 0 Å². The van der Waals surface area contributed by atoms with Crippen molar-refractivity contribution in [2.45, 2.75) is 0 Å². The van der Waals surface area contributed by atoms with E-state index in [2.05, 4.69) is 20.0 Å². The minimum atomic E-state index is -1.56.